The van der Waals surface area contributed by atoms with Gasteiger partial charge in [-0.05, 0) is 32.1 Å². The molecule has 2 heterocycles. The Bertz CT molecular complexity index is 493. The fourth-order valence-electron chi connectivity index (χ4n) is 3.55. The number of hydrogen-bond acceptors (Lipinski definition) is 3. The van der Waals surface area contributed by atoms with Crippen LogP contribution in [-0.4, -0.2) is 42.0 Å². The molecule has 1 aromatic rings. The third-order valence-electron chi connectivity index (χ3n) is 4.87. The minimum absolute atomic E-state index is 0.817. The van der Waals surface area contributed by atoms with Crippen molar-refractivity contribution < 1.29 is 0 Å². The highest BCUT2D eigenvalue weighted by Crippen LogP contribution is 2.28. The molecule has 1 aliphatic heterocycles. The lowest BCUT2D eigenvalue weighted by atomic mass is 9.87. The summed E-state index contributed by atoms with van der Waals surface area (Å²) in [4.78, 5) is 11.8. The van der Waals surface area contributed by atoms with Crippen LogP contribution in [0.3, 0.4) is 0 Å². The van der Waals surface area contributed by atoms with Crippen molar-refractivity contribution in [2.24, 2.45) is 16.8 Å². The number of thiazole rings is 1. The van der Waals surface area contributed by atoms with Gasteiger partial charge in [0.1, 0.15) is 0 Å². The zero-order valence-electron chi connectivity index (χ0n) is 15.1. The Morgan fingerprint density at radius 3 is 2.83 bits per heavy atom. The minimum atomic E-state index is 0.817. The van der Waals surface area contributed by atoms with Gasteiger partial charge < -0.3 is 10.2 Å². The standard InChI is InChI=1S/C18H32N4S/c1-5-15(6-2)16-9-11-22(12-16)18(19-7-3)20-10-8-17-13-23-14(4)21-17/h13,15-16H,5-12H2,1-4H3,(H,19,20). The lowest BCUT2D eigenvalue weighted by Gasteiger charge is -2.24. The normalized spacial score (nSPS) is 18.9. The molecule has 1 aliphatic rings. The first-order chi connectivity index (χ1) is 11.2. The fourth-order valence-corrected chi connectivity index (χ4v) is 4.19. The van der Waals surface area contributed by atoms with Gasteiger partial charge in [-0.25, -0.2) is 4.98 Å². The Morgan fingerprint density at radius 2 is 2.22 bits per heavy atom. The molecular weight excluding hydrogens is 304 g/mol. The van der Waals surface area contributed by atoms with E-state index in [1.165, 1.54) is 25.0 Å². The minimum Gasteiger partial charge on any atom is -0.357 e. The second-order valence-corrected chi connectivity index (χ2v) is 7.48. The van der Waals surface area contributed by atoms with E-state index in [0.717, 1.165) is 55.4 Å². The summed E-state index contributed by atoms with van der Waals surface area (Å²) in [6.07, 6.45) is 4.84. The number of aryl methyl sites for hydroxylation is 1. The molecule has 23 heavy (non-hydrogen) atoms. The SMILES string of the molecule is CCNC(=NCCc1csc(C)n1)N1CCC(C(CC)CC)C1. The van der Waals surface area contributed by atoms with Crippen LogP contribution < -0.4 is 5.32 Å². The third kappa shape index (κ3) is 5.20. The summed E-state index contributed by atoms with van der Waals surface area (Å²) in [7, 11) is 0. The van der Waals surface area contributed by atoms with E-state index in [1.54, 1.807) is 11.3 Å². The molecule has 1 atom stereocenters. The number of guanidine groups is 1. The largest absolute Gasteiger partial charge is 0.357 e. The molecule has 5 heteroatoms. The molecule has 1 aromatic heterocycles. The Kier molecular flexibility index (Phi) is 7.34. The molecule has 4 nitrogen and oxygen atoms in total. The number of nitrogens with one attached hydrogen (secondary N) is 1. The predicted molar refractivity (Wildman–Crippen MR) is 100 cm³/mol. The molecule has 0 aliphatic carbocycles. The van der Waals surface area contributed by atoms with Crippen LogP contribution in [0.5, 0.6) is 0 Å². The molecule has 130 valence electrons. The van der Waals surface area contributed by atoms with E-state index >= 15 is 0 Å². The summed E-state index contributed by atoms with van der Waals surface area (Å²) in [6.45, 7) is 12.9. The summed E-state index contributed by atoms with van der Waals surface area (Å²) in [6, 6.07) is 0. The summed E-state index contributed by atoms with van der Waals surface area (Å²) in [5.41, 5.74) is 1.17. The van der Waals surface area contributed by atoms with Crippen molar-refractivity contribution in [1.82, 2.24) is 15.2 Å². The first kappa shape index (κ1) is 18.2. The molecule has 0 spiro atoms. The summed E-state index contributed by atoms with van der Waals surface area (Å²) in [5, 5.41) is 6.76. The van der Waals surface area contributed by atoms with Gasteiger partial charge in [0, 0.05) is 38.0 Å². The monoisotopic (exact) mass is 336 g/mol. The van der Waals surface area contributed by atoms with E-state index in [0.29, 0.717) is 0 Å². The Hall–Kier alpha value is -1.10. The van der Waals surface area contributed by atoms with E-state index < -0.39 is 0 Å². The van der Waals surface area contributed by atoms with Crippen LogP contribution in [-0.2, 0) is 6.42 Å². The van der Waals surface area contributed by atoms with Crippen molar-refractivity contribution in [3.8, 4) is 0 Å². The van der Waals surface area contributed by atoms with Crippen LogP contribution in [0.4, 0.5) is 0 Å². The number of aromatic nitrogens is 1. The molecule has 0 radical (unpaired) electrons. The Morgan fingerprint density at radius 1 is 1.43 bits per heavy atom. The number of likely N-dealkylation sites (tertiary alicyclic amines) is 1. The van der Waals surface area contributed by atoms with Gasteiger partial charge in [0.2, 0.25) is 0 Å². The van der Waals surface area contributed by atoms with Gasteiger partial charge in [0.05, 0.1) is 10.7 Å². The van der Waals surface area contributed by atoms with Crippen molar-refractivity contribution >= 4 is 17.3 Å². The third-order valence-corrected chi connectivity index (χ3v) is 5.69. The van der Waals surface area contributed by atoms with Crippen molar-refractivity contribution in [1.29, 1.82) is 0 Å². The quantitative estimate of drug-likeness (QED) is 0.609. The van der Waals surface area contributed by atoms with E-state index in [1.807, 2.05) is 0 Å². The maximum absolute atomic E-state index is 4.84. The highest BCUT2D eigenvalue weighted by Gasteiger charge is 2.29. The van der Waals surface area contributed by atoms with Crippen LogP contribution >= 0.6 is 11.3 Å². The average molecular weight is 337 g/mol. The van der Waals surface area contributed by atoms with Crippen molar-refractivity contribution in [2.75, 3.05) is 26.2 Å². The van der Waals surface area contributed by atoms with Crippen LogP contribution in [0.2, 0.25) is 0 Å². The van der Waals surface area contributed by atoms with E-state index in [9.17, 15) is 0 Å². The van der Waals surface area contributed by atoms with E-state index in [4.69, 9.17) is 4.99 Å². The highest BCUT2D eigenvalue weighted by atomic mass is 32.1. The van der Waals surface area contributed by atoms with Gasteiger partial charge in [-0.1, -0.05) is 26.7 Å². The van der Waals surface area contributed by atoms with Gasteiger partial charge in [-0.15, -0.1) is 11.3 Å². The van der Waals surface area contributed by atoms with Crippen molar-refractivity contribution in [3.63, 3.8) is 0 Å². The van der Waals surface area contributed by atoms with Gasteiger partial charge >= 0.3 is 0 Å². The number of nitrogens with zero attached hydrogens (tertiary/aromatic N) is 3. The number of rotatable bonds is 7. The molecule has 0 aromatic carbocycles. The fraction of sp³-hybridized carbons (Fsp3) is 0.778. The van der Waals surface area contributed by atoms with Crippen LogP contribution in [0.15, 0.2) is 10.4 Å². The second-order valence-electron chi connectivity index (χ2n) is 6.41. The molecular formula is C18H32N4S. The first-order valence-electron chi connectivity index (χ1n) is 9.12. The second kappa shape index (κ2) is 9.26. The lowest BCUT2D eigenvalue weighted by molar-refractivity contribution is 0.319. The summed E-state index contributed by atoms with van der Waals surface area (Å²) in [5.74, 6) is 2.78. The molecule has 0 amide bonds. The van der Waals surface area contributed by atoms with Crippen LogP contribution in [0, 0.1) is 18.8 Å². The van der Waals surface area contributed by atoms with E-state index in [2.05, 4.69) is 48.3 Å². The van der Waals surface area contributed by atoms with Gasteiger partial charge in [-0.3, -0.25) is 4.99 Å². The molecule has 1 unspecified atom stereocenters. The number of aliphatic imine (C=N–C) groups is 1. The average Bonchev–Trinajstić information content (AvgIpc) is 3.17. The van der Waals surface area contributed by atoms with Gasteiger partial charge in [0.15, 0.2) is 5.96 Å². The van der Waals surface area contributed by atoms with Crippen LogP contribution in [0.25, 0.3) is 0 Å². The predicted octanol–water partition coefficient (Wildman–Crippen LogP) is 3.72. The van der Waals surface area contributed by atoms with Crippen molar-refractivity contribution in [3.05, 3.63) is 16.1 Å². The molecule has 2 rings (SSSR count). The topological polar surface area (TPSA) is 40.5 Å². The molecule has 0 saturated carbocycles. The summed E-state index contributed by atoms with van der Waals surface area (Å²) < 4.78 is 0. The maximum Gasteiger partial charge on any atom is 0.193 e. The van der Waals surface area contributed by atoms with Gasteiger partial charge in [0.25, 0.3) is 0 Å². The molecule has 1 saturated heterocycles. The van der Waals surface area contributed by atoms with Crippen molar-refractivity contribution in [2.45, 2.75) is 53.4 Å². The highest BCUT2D eigenvalue weighted by molar-refractivity contribution is 7.09. The van der Waals surface area contributed by atoms with Gasteiger partial charge in [-0.2, -0.15) is 0 Å². The Balaban J connectivity index is 1.91. The summed E-state index contributed by atoms with van der Waals surface area (Å²) >= 11 is 1.72. The maximum atomic E-state index is 4.84. The first-order valence-corrected chi connectivity index (χ1v) is 10.00. The number of hydrogen-bond donors (Lipinski definition) is 1. The zero-order chi connectivity index (χ0) is 16.7. The molecule has 1 N–H and O–H groups in total. The molecule has 0 bridgehead atoms. The van der Waals surface area contributed by atoms with Crippen LogP contribution in [0.1, 0.15) is 50.7 Å². The molecule has 1 fully saturated rings. The smallest absolute Gasteiger partial charge is 0.193 e. The zero-order valence-corrected chi connectivity index (χ0v) is 16.0. The lowest BCUT2D eigenvalue weighted by Crippen LogP contribution is -2.40. The Labute approximate surface area is 145 Å². The van der Waals surface area contributed by atoms with E-state index in [-0.39, 0.29) is 0 Å².